The minimum Gasteiger partial charge on any atom is -0.495 e. The smallest absolute Gasteiger partial charge is 0.223 e. The average molecular weight is 674 g/mol. The molecule has 1 aromatic carbocycles. The molecule has 0 amide bonds. The number of hydrogen-bond donors (Lipinski definition) is 3. The van der Waals surface area contributed by atoms with Crippen LogP contribution in [0, 0.1) is 5.92 Å². The number of likely N-dealkylation sites (tertiary alicyclic amines) is 1. The Labute approximate surface area is 279 Å². The Morgan fingerprint density at radius 1 is 1.17 bits per heavy atom. The molecule has 2 saturated heterocycles. The first-order valence-electron chi connectivity index (χ1n) is 15.7. The van der Waals surface area contributed by atoms with Crippen molar-refractivity contribution in [3.63, 3.8) is 0 Å². The van der Waals surface area contributed by atoms with Gasteiger partial charge in [0, 0.05) is 48.8 Å². The largest absolute Gasteiger partial charge is 0.495 e. The summed E-state index contributed by atoms with van der Waals surface area (Å²) in [4.78, 5) is 29.0. The summed E-state index contributed by atoms with van der Waals surface area (Å²) < 4.78 is 16.7. The van der Waals surface area contributed by atoms with Crippen LogP contribution >= 0.6 is 23.2 Å². The van der Waals surface area contributed by atoms with Crippen molar-refractivity contribution in [1.29, 1.82) is 0 Å². The maximum atomic E-state index is 12.1. The van der Waals surface area contributed by atoms with Crippen LogP contribution in [0.5, 0.6) is 11.5 Å². The van der Waals surface area contributed by atoms with Gasteiger partial charge >= 0.3 is 0 Å². The first kappa shape index (κ1) is 34.1. The van der Waals surface area contributed by atoms with Crippen molar-refractivity contribution < 1.29 is 24.1 Å². The summed E-state index contributed by atoms with van der Waals surface area (Å²) in [6, 6.07) is 3.61. The average Bonchev–Trinajstić information content (AvgIpc) is 3.53. The van der Waals surface area contributed by atoms with Crippen LogP contribution in [0.1, 0.15) is 38.5 Å². The van der Waals surface area contributed by atoms with E-state index in [-0.39, 0.29) is 30.4 Å². The van der Waals surface area contributed by atoms with Crippen molar-refractivity contribution in [3.05, 3.63) is 41.0 Å². The molecule has 0 aliphatic carbocycles. The second-order valence-electron chi connectivity index (χ2n) is 11.7. The quantitative estimate of drug-likeness (QED) is 0.137. The number of rotatable bonds is 15. The van der Waals surface area contributed by atoms with E-state index in [1.54, 1.807) is 12.3 Å². The fraction of sp³-hybridized carbons (Fsp3) is 0.515. The maximum Gasteiger partial charge on any atom is 0.223 e. The van der Waals surface area contributed by atoms with Gasteiger partial charge in [0.15, 0.2) is 11.6 Å². The lowest BCUT2D eigenvalue weighted by Gasteiger charge is -2.31. The molecule has 2 aromatic heterocycles. The van der Waals surface area contributed by atoms with Crippen LogP contribution in [0.3, 0.4) is 0 Å². The van der Waals surface area contributed by atoms with Crippen LogP contribution in [0.2, 0.25) is 10.0 Å². The van der Waals surface area contributed by atoms with Crippen molar-refractivity contribution in [3.8, 4) is 22.8 Å². The Hall–Kier alpha value is -3.22. The van der Waals surface area contributed by atoms with E-state index in [1.165, 1.54) is 20.3 Å². The zero-order chi connectivity index (χ0) is 32.6. The molecular formula is C33H42Cl2N6O5. The van der Waals surface area contributed by atoms with Gasteiger partial charge in [-0.2, -0.15) is 0 Å². The van der Waals surface area contributed by atoms with Gasteiger partial charge in [-0.25, -0.2) is 15.0 Å². The van der Waals surface area contributed by atoms with Gasteiger partial charge < -0.3 is 30.0 Å². The predicted octanol–water partition coefficient (Wildman–Crippen LogP) is 5.63. The molecular weight excluding hydrogens is 631 g/mol. The normalized spacial score (nSPS) is 20.1. The van der Waals surface area contributed by atoms with Gasteiger partial charge in [-0.05, 0) is 63.3 Å². The van der Waals surface area contributed by atoms with E-state index in [0.29, 0.717) is 76.3 Å². The van der Waals surface area contributed by atoms with Gasteiger partial charge in [0.1, 0.15) is 17.0 Å². The van der Waals surface area contributed by atoms with Crippen molar-refractivity contribution in [2.24, 2.45) is 5.92 Å². The van der Waals surface area contributed by atoms with Gasteiger partial charge in [-0.3, -0.25) is 9.69 Å². The number of halogens is 2. The molecule has 3 atom stereocenters. The Balaban J connectivity index is 1.45. The number of methoxy groups -OCH3 is 2. The molecule has 4 heterocycles. The van der Waals surface area contributed by atoms with E-state index >= 15 is 0 Å². The third kappa shape index (κ3) is 7.83. The summed E-state index contributed by atoms with van der Waals surface area (Å²) in [5, 5.41) is 17.9. The van der Waals surface area contributed by atoms with Crippen LogP contribution in [-0.2, 0) is 9.53 Å². The molecule has 1 unspecified atom stereocenters. The van der Waals surface area contributed by atoms with Crippen LogP contribution in [0.25, 0.3) is 22.2 Å². The third-order valence-corrected chi connectivity index (χ3v) is 9.53. The number of pyridine rings is 1. The first-order valence-corrected chi connectivity index (χ1v) is 16.5. The van der Waals surface area contributed by atoms with E-state index in [2.05, 4.69) is 27.1 Å². The lowest BCUT2D eigenvalue weighted by atomic mass is 9.90. The minimum absolute atomic E-state index is 0.00412. The highest BCUT2D eigenvalue weighted by molar-refractivity contribution is 6.41. The zero-order valence-electron chi connectivity index (χ0n) is 26.4. The Morgan fingerprint density at radius 2 is 1.96 bits per heavy atom. The van der Waals surface area contributed by atoms with Crippen LogP contribution < -0.4 is 20.1 Å². The topological polar surface area (TPSA) is 131 Å². The highest BCUT2D eigenvalue weighted by Gasteiger charge is 2.28. The van der Waals surface area contributed by atoms with Gasteiger partial charge in [-0.1, -0.05) is 29.8 Å². The highest BCUT2D eigenvalue weighted by Crippen LogP contribution is 2.46. The monoisotopic (exact) mass is 672 g/mol. The number of aromatic nitrogens is 3. The summed E-state index contributed by atoms with van der Waals surface area (Å²) in [6.07, 6.45) is 8.28. The van der Waals surface area contributed by atoms with E-state index < -0.39 is 0 Å². The predicted molar refractivity (Wildman–Crippen MR) is 181 cm³/mol. The lowest BCUT2D eigenvalue weighted by Crippen LogP contribution is -2.40. The molecule has 46 heavy (non-hydrogen) atoms. The molecule has 3 N–H and O–H groups in total. The van der Waals surface area contributed by atoms with Crippen LogP contribution in [-0.4, -0.2) is 96.5 Å². The molecule has 0 spiro atoms. The van der Waals surface area contributed by atoms with E-state index in [1.807, 2.05) is 6.07 Å². The number of nitrogens with zero attached hydrogens (tertiary/aromatic N) is 4. The standard InChI is InChI=1S/C33H42Cl2N6O5/c1-4-23(43)14-20-9-13-46-19-25(20)39-33-37-17-21-15-24(28-29(34)26(44-2)16-27(45-3)30(28)35)38-32(31(21)40-33)36-10-5-6-11-41-12-7-8-22(41)18-42/h4,15-17,20,22,25,42H,1,5-14,18-19H2,2-3H3,(H,36,38)(H,37,39,40)/t20-,22?,25-/m1/s1. The summed E-state index contributed by atoms with van der Waals surface area (Å²) in [7, 11) is 3.06. The van der Waals surface area contributed by atoms with E-state index in [0.717, 1.165) is 50.6 Å². The van der Waals surface area contributed by atoms with Gasteiger partial charge in [0.05, 0.1) is 49.2 Å². The number of ether oxygens (including phenoxy) is 3. The molecule has 0 radical (unpaired) electrons. The van der Waals surface area contributed by atoms with Gasteiger partial charge in [-0.15, -0.1) is 0 Å². The molecule has 0 saturated carbocycles. The number of hydrogen-bond acceptors (Lipinski definition) is 11. The summed E-state index contributed by atoms with van der Waals surface area (Å²) >= 11 is 13.6. The van der Waals surface area contributed by atoms with E-state index in [4.69, 9.17) is 47.4 Å². The fourth-order valence-electron chi connectivity index (χ4n) is 6.21. The van der Waals surface area contributed by atoms with Crippen LogP contribution in [0.4, 0.5) is 11.8 Å². The maximum absolute atomic E-state index is 12.1. The fourth-order valence-corrected chi connectivity index (χ4v) is 6.90. The number of carbonyl (C=O) groups excluding carboxylic acids is 1. The van der Waals surface area contributed by atoms with Crippen molar-refractivity contribution >= 4 is 51.7 Å². The molecule has 5 rings (SSSR count). The molecule has 13 heteroatoms. The number of benzene rings is 1. The number of fused-ring (bicyclic) bond motifs is 1. The second kappa shape index (κ2) is 16.1. The van der Waals surface area contributed by atoms with Gasteiger partial charge in [0.2, 0.25) is 5.95 Å². The SMILES string of the molecule is C=CC(=O)C[C@H]1CCOC[C@H]1Nc1ncc2cc(-c3c(Cl)c(OC)cc(OC)c3Cl)nc(NCCCCN3CCCC3CO)c2n1. The number of unbranched alkanes of at least 4 members (excludes halogenated alkanes) is 1. The summed E-state index contributed by atoms with van der Waals surface area (Å²) in [5.74, 6) is 1.87. The van der Waals surface area contributed by atoms with Crippen LogP contribution in [0.15, 0.2) is 31.0 Å². The van der Waals surface area contributed by atoms with E-state index in [9.17, 15) is 9.90 Å². The lowest BCUT2D eigenvalue weighted by molar-refractivity contribution is -0.116. The Bertz CT molecular complexity index is 1510. The number of ketones is 1. The van der Waals surface area contributed by atoms with Crippen molar-refractivity contribution in [1.82, 2.24) is 19.9 Å². The minimum atomic E-state index is -0.131. The molecule has 11 nitrogen and oxygen atoms in total. The van der Waals surface area contributed by atoms with Crippen molar-refractivity contribution in [2.45, 2.75) is 50.6 Å². The zero-order valence-corrected chi connectivity index (χ0v) is 27.9. The summed E-state index contributed by atoms with van der Waals surface area (Å²) in [6.45, 7) is 7.49. The first-order chi connectivity index (χ1) is 22.4. The molecule has 2 aliphatic heterocycles. The number of nitrogens with one attached hydrogen (secondary N) is 2. The Morgan fingerprint density at radius 3 is 2.67 bits per heavy atom. The number of aliphatic hydroxyl groups is 1. The molecule has 0 bridgehead atoms. The number of anilines is 2. The summed E-state index contributed by atoms with van der Waals surface area (Å²) in [5.41, 5.74) is 1.61. The highest BCUT2D eigenvalue weighted by atomic mass is 35.5. The van der Waals surface area contributed by atoms with Gasteiger partial charge in [0.25, 0.3) is 0 Å². The molecule has 2 fully saturated rings. The Kier molecular flexibility index (Phi) is 11.9. The van der Waals surface area contributed by atoms with Crippen molar-refractivity contribution in [2.75, 3.05) is 64.3 Å². The molecule has 3 aromatic rings. The molecule has 248 valence electrons. The number of allylic oxidation sites excluding steroid dienone is 1. The number of carbonyl (C=O) groups is 1. The third-order valence-electron chi connectivity index (χ3n) is 8.77. The second-order valence-corrected chi connectivity index (χ2v) is 12.4. The molecule has 2 aliphatic rings. The number of aliphatic hydroxyl groups excluding tert-OH is 1.